The number of nitrogen functional groups attached to an aromatic ring is 1. The monoisotopic (exact) mass is 307 g/mol. The summed E-state index contributed by atoms with van der Waals surface area (Å²) in [7, 11) is 0. The molecular weight excluding hydrogens is 297 g/mol. The second kappa shape index (κ2) is 5.18. The van der Waals surface area contributed by atoms with E-state index in [1.54, 1.807) is 24.3 Å². The lowest BCUT2D eigenvalue weighted by Gasteiger charge is -2.11. The number of hydrogen-bond donors (Lipinski definition) is 3. The molecule has 0 heterocycles. The Kier molecular flexibility index (Phi) is 3.62. The molecule has 0 atom stereocenters. The first-order chi connectivity index (χ1) is 8.60. The van der Waals surface area contributed by atoms with Crippen LogP contribution in [0.1, 0.15) is 5.56 Å². The fourth-order valence-electron chi connectivity index (χ4n) is 1.51. The van der Waals surface area contributed by atoms with Crippen molar-refractivity contribution in [1.82, 2.24) is 0 Å². The average molecular weight is 308 g/mol. The first-order valence-electron chi connectivity index (χ1n) is 5.22. The van der Waals surface area contributed by atoms with Crippen LogP contribution < -0.4 is 11.1 Å². The second-order valence-corrected chi connectivity index (χ2v) is 4.59. The van der Waals surface area contributed by atoms with Crippen molar-refractivity contribution in [2.45, 2.75) is 0 Å². The van der Waals surface area contributed by atoms with E-state index in [-0.39, 0.29) is 5.82 Å². The van der Waals surface area contributed by atoms with Gasteiger partial charge in [-0.2, -0.15) is 0 Å². The van der Waals surface area contributed by atoms with Crippen molar-refractivity contribution >= 4 is 39.2 Å². The molecule has 0 aliphatic heterocycles. The van der Waals surface area contributed by atoms with E-state index in [2.05, 4.69) is 21.2 Å². The summed E-state index contributed by atoms with van der Waals surface area (Å²) in [5.41, 5.74) is 8.49. The van der Waals surface area contributed by atoms with Crippen LogP contribution in [0.25, 0.3) is 0 Å². The van der Waals surface area contributed by atoms with E-state index in [1.807, 2.05) is 0 Å². The number of hydrogen-bond acceptors (Lipinski definition) is 3. The van der Waals surface area contributed by atoms with Crippen molar-refractivity contribution in [1.29, 1.82) is 5.41 Å². The van der Waals surface area contributed by atoms with Crippen molar-refractivity contribution in [3.63, 3.8) is 0 Å². The van der Waals surface area contributed by atoms with Crippen LogP contribution in [0.3, 0.4) is 0 Å². The largest absolute Gasteiger partial charge is 0.398 e. The fourth-order valence-corrected chi connectivity index (χ4v) is 1.98. The molecule has 0 spiro atoms. The third-order valence-electron chi connectivity index (χ3n) is 2.45. The summed E-state index contributed by atoms with van der Waals surface area (Å²) in [6, 6.07) is 9.53. The standard InChI is InChI=1S/C13H11BrFN3/c14-11-5-8(7-16)12(17)6-13(11)18-10-3-1-9(15)2-4-10/h1-7,16,18H,17H2. The molecule has 0 saturated carbocycles. The fraction of sp³-hybridized carbons (Fsp3) is 0. The molecule has 2 aromatic rings. The average Bonchev–Trinajstić information content (AvgIpc) is 2.36. The zero-order valence-corrected chi connectivity index (χ0v) is 11.0. The maximum absolute atomic E-state index is 12.8. The van der Waals surface area contributed by atoms with Crippen LogP contribution in [-0.4, -0.2) is 6.21 Å². The van der Waals surface area contributed by atoms with Crippen LogP contribution in [0.4, 0.5) is 21.5 Å². The lowest BCUT2D eigenvalue weighted by atomic mass is 10.1. The topological polar surface area (TPSA) is 61.9 Å². The maximum Gasteiger partial charge on any atom is 0.123 e. The highest BCUT2D eigenvalue weighted by atomic mass is 79.9. The highest BCUT2D eigenvalue weighted by molar-refractivity contribution is 9.10. The van der Waals surface area contributed by atoms with Crippen LogP contribution in [-0.2, 0) is 0 Å². The second-order valence-electron chi connectivity index (χ2n) is 3.74. The summed E-state index contributed by atoms with van der Waals surface area (Å²) in [6.45, 7) is 0. The zero-order chi connectivity index (χ0) is 13.1. The number of nitrogens with one attached hydrogen (secondary N) is 2. The Hall–Kier alpha value is -1.88. The summed E-state index contributed by atoms with van der Waals surface area (Å²) in [5.74, 6) is -0.279. The first-order valence-corrected chi connectivity index (χ1v) is 6.01. The van der Waals surface area contributed by atoms with Crippen LogP contribution in [0.5, 0.6) is 0 Å². The first kappa shape index (κ1) is 12.6. The van der Waals surface area contributed by atoms with Gasteiger partial charge in [0.1, 0.15) is 5.82 Å². The summed E-state index contributed by atoms with van der Waals surface area (Å²) >= 11 is 3.40. The normalized spacial score (nSPS) is 10.1. The van der Waals surface area contributed by atoms with Gasteiger partial charge in [-0.1, -0.05) is 0 Å². The van der Waals surface area contributed by atoms with Crippen molar-refractivity contribution in [3.8, 4) is 0 Å². The van der Waals surface area contributed by atoms with Gasteiger partial charge in [0, 0.05) is 27.6 Å². The van der Waals surface area contributed by atoms with E-state index < -0.39 is 0 Å². The van der Waals surface area contributed by atoms with Crippen LogP contribution in [0.15, 0.2) is 40.9 Å². The molecule has 4 N–H and O–H groups in total. The highest BCUT2D eigenvalue weighted by Crippen LogP contribution is 2.30. The summed E-state index contributed by atoms with van der Waals surface area (Å²) in [6.07, 6.45) is 1.20. The van der Waals surface area contributed by atoms with Crippen molar-refractivity contribution in [2.75, 3.05) is 11.1 Å². The number of benzene rings is 2. The zero-order valence-electron chi connectivity index (χ0n) is 9.37. The Labute approximate surface area is 112 Å². The minimum absolute atomic E-state index is 0.279. The Morgan fingerprint density at radius 3 is 2.50 bits per heavy atom. The third kappa shape index (κ3) is 2.68. The molecule has 0 aliphatic carbocycles. The van der Waals surface area contributed by atoms with Gasteiger partial charge in [0.2, 0.25) is 0 Å². The van der Waals surface area contributed by atoms with Gasteiger partial charge in [-0.15, -0.1) is 0 Å². The molecule has 0 aromatic heterocycles. The molecule has 2 aromatic carbocycles. The molecule has 0 saturated heterocycles. The van der Waals surface area contributed by atoms with Gasteiger partial charge < -0.3 is 16.5 Å². The molecule has 92 valence electrons. The van der Waals surface area contributed by atoms with Gasteiger partial charge >= 0.3 is 0 Å². The smallest absolute Gasteiger partial charge is 0.123 e. The number of halogens is 2. The molecule has 0 radical (unpaired) electrons. The Morgan fingerprint density at radius 1 is 1.22 bits per heavy atom. The molecule has 5 heteroatoms. The summed E-state index contributed by atoms with van der Waals surface area (Å²) in [5, 5.41) is 10.3. The predicted molar refractivity (Wildman–Crippen MR) is 76.1 cm³/mol. The van der Waals surface area contributed by atoms with E-state index >= 15 is 0 Å². The van der Waals surface area contributed by atoms with Crippen molar-refractivity contribution < 1.29 is 4.39 Å². The van der Waals surface area contributed by atoms with E-state index in [9.17, 15) is 4.39 Å². The molecule has 0 bridgehead atoms. The number of nitrogens with two attached hydrogens (primary N) is 1. The molecule has 18 heavy (non-hydrogen) atoms. The number of rotatable bonds is 3. The maximum atomic E-state index is 12.8. The van der Waals surface area contributed by atoms with E-state index in [0.29, 0.717) is 11.3 Å². The van der Waals surface area contributed by atoms with Gasteiger partial charge in [0.25, 0.3) is 0 Å². The van der Waals surface area contributed by atoms with Crippen molar-refractivity contribution in [2.24, 2.45) is 0 Å². The van der Waals surface area contributed by atoms with E-state index in [4.69, 9.17) is 11.1 Å². The Balaban J connectivity index is 2.32. The van der Waals surface area contributed by atoms with Crippen LogP contribution >= 0.6 is 15.9 Å². The Bertz CT molecular complexity index is 582. The van der Waals surface area contributed by atoms with E-state index in [0.717, 1.165) is 15.8 Å². The lowest BCUT2D eigenvalue weighted by molar-refractivity contribution is 0.628. The van der Waals surface area contributed by atoms with Gasteiger partial charge in [0.05, 0.1) is 5.69 Å². The minimum atomic E-state index is -0.279. The number of anilines is 3. The molecule has 2 rings (SSSR count). The lowest BCUT2D eigenvalue weighted by Crippen LogP contribution is -1.97. The molecule has 0 fully saturated rings. The van der Waals surface area contributed by atoms with Gasteiger partial charge in [-0.25, -0.2) is 4.39 Å². The molecule has 0 amide bonds. The Morgan fingerprint density at radius 2 is 1.89 bits per heavy atom. The summed E-state index contributed by atoms with van der Waals surface area (Å²) in [4.78, 5) is 0. The van der Waals surface area contributed by atoms with E-state index in [1.165, 1.54) is 18.3 Å². The predicted octanol–water partition coefficient (Wildman–Crippen LogP) is 3.91. The van der Waals surface area contributed by atoms with Gasteiger partial charge in [-0.05, 0) is 52.3 Å². The van der Waals surface area contributed by atoms with Crippen LogP contribution in [0.2, 0.25) is 0 Å². The highest BCUT2D eigenvalue weighted by Gasteiger charge is 2.05. The van der Waals surface area contributed by atoms with Crippen molar-refractivity contribution in [3.05, 3.63) is 52.3 Å². The quantitative estimate of drug-likeness (QED) is 0.594. The molecular formula is C13H11BrFN3. The molecule has 0 aliphatic rings. The SMILES string of the molecule is N=Cc1cc(Br)c(Nc2ccc(F)cc2)cc1N. The summed E-state index contributed by atoms with van der Waals surface area (Å²) < 4.78 is 13.6. The van der Waals surface area contributed by atoms with Crippen LogP contribution in [0, 0.1) is 11.2 Å². The minimum Gasteiger partial charge on any atom is -0.398 e. The third-order valence-corrected chi connectivity index (χ3v) is 3.11. The van der Waals surface area contributed by atoms with Gasteiger partial charge in [-0.3, -0.25) is 0 Å². The van der Waals surface area contributed by atoms with Gasteiger partial charge in [0.15, 0.2) is 0 Å². The molecule has 3 nitrogen and oxygen atoms in total. The molecule has 0 unspecified atom stereocenters.